The highest BCUT2D eigenvalue weighted by Gasteiger charge is 2.29. The van der Waals surface area contributed by atoms with Crippen LogP contribution < -0.4 is 0 Å². The molecule has 0 N–H and O–H groups in total. The highest BCUT2D eigenvalue weighted by atomic mass is 16.5. The standard InChI is InChI=1S/C20H36N6O2/c1-3-24-8-4-5-19(24)14-25(20(27)15-26-17-21-16-22-26)13-18-6-9-23(10-7-18)11-12-28-2/h16-19H,3-15H2,1-2H3. The van der Waals surface area contributed by atoms with Gasteiger partial charge >= 0.3 is 0 Å². The first-order valence-electron chi connectivity index (χ1n) is 10.7. The molecule has 158 valence electrons. The summed E-state index contributed by atoms with van der Waals surface area (Å²) in [5.41, 5.74) is 0. The van der Waals surface area contributed by atoms with Crippen molar-refractivity contribution in [2.24, 2.45) is 5.92 Å². The third-order valence-electron chi connectivity index (χ3n) is 6.25. The average molecular weight is 393 g/mol. The van der Waals surface area contributed by atoms with E-state index in [1.54, 1.807) is 18.1 Å². The minimum Gasteiger partial charge on any atom is -0.383 e. The molecule has 1 aromatic heterocycles. The van der Waals surface area contributed by atoms with Crippen molar-refractivity contribution >= 4 is 5.91 Å². The lowest BCUT2D eigenvalue weighted by Gasteiger charge is -2.36. The number of carbonyl (C=O) groups is 1. The molecule has 0 saturated carbocycles. The molecule has 1 atom stereocenters. The van der Waals surface area contributed by atoms with Crippen molar-refractivity contribution in [3.8, 4) is 0 Å². The van der Waals surface area contributed by atoms with E-state index in [1.807, 2.05) is 0 Å². The molecule has 8 heteroatoms. The normalized spacial score (nSPS) is 22.0. The van der Waals surface area contributed by atoms with E-state index in [0.29, 0.717) is 12.0 Å². The van der Waals surface area contributed by atoms with Crippen LogP contribution in [0.4, 0.5) is 0 Å². The molecule has 1 aromatic rings. The molecule has 3 heterocycles. The first kappa shape index (κ1) is 21.2. The fourth-order valence-corrected chi connectivity index (χ4v) is 4.53. The van der Waals surface area contributed by atoms with Gasteiger partial charge in [0.1, 0.15) is 19.2 Å². The molecule has 0 spiro atoms. The molecule has 8 nitrogen and oxygen atoms in total. The van der Waals surface area contributed by atoms with Gasteiger partial charge in [0.2, 0.25) is 5.91 Å². The number of ether oxygens (including phenoxy) is 1. The Kier molecular flexibility index (Phi) is 8.24. The van der Waals surface area contributed by atoms with E-state index in [-0.39, 0.29) is 12.5 Å². The Morgan fingerprint density at radius 2 is 2.04 bits per heavy atom. The Balaban J connectivity index is 1.57. The quantitative estimate of drug-likeness (QED) is 0.591. The Labute approximate surface area is 168 Å². The van der Waals surface area contributed by atoms with E-state index in [0.717, 1.165) is 65.3 Å². The average Bonchev–Trinajstić information content (AvgIpc) is 3.38. The van der Waals surface area contributed by atoms with Crippen molar-refractivity contribution < 1.29 is 9.53 Å². The second kappa shape index (κ2) is 10.9. The van der Waals surface area contributed by atoms with Gasteiger partial charge in [-0.3, -0.25) is 9.69 Å². The van der Waals surface area contributed by atoms with Gasteiger partial charge < -0.3 is 14.5 Å². The summed E-state index contributed by atoms with van der Waals surface area (Å²) >= 11 is 0. The number of nitrogens with zero attached hydrogens (tertiary/aromatic N) is 6. The molecule has 2 saturated heterocycles. The van der Waals surface area contributed by atoms with Crippen LogP contribution in [0.25, 0.3) is 0 Å². The van der Waals surface area contributed by atoms with Gasteiger partial charge in [-0.05, 0) is 57.8 Å². The number of likely N-dealkylation sites (N-methyl/N-ethyl adjacent to an activating group) is 1. The summed E-state index contributed by atoms with van der Waals surface area (Å²) in [6, 6.07) is 0.492. The summed E-state index contributed by atoms with van der Waals surface area (Å²) in [6.45, 7) is 10.4. The zero-order valence-corrected chi connectivity index (χ0v) is 17.5. The minimum absolute atomic E-state index is 0.162. The number of likely N-dealkylation sites (tertiary alicyclic amines) is 2. The van der Waals surface area contributed by atoms with Crippen molar-refractivity contribution in [1.82, 2.24) is 29.5 Å². The van der Waals surface area contributed by atoms with Gasteiger partial charge in [-0.1, -0.05) is 6.92 Å². The van der Waals surface area contributed by atoms with E-state index < -0.39 is 0 Å². The number of methoxy groups -OCH3 is 1. The number of hydrogen-bond acceptors (Lipinski definition) is 6. The second-order valence-corrected chi connectivity index (χ2v) is 8.09. The maximum Gasteiger partial charge on any atom is 0.244 e. The highest BCUT2D eigenvalue weighted by Crippen LogP contribution is 2.22. The first-order chi connectivity index (χ1) is 13.7. The summed E-state index contributed by atoms with van der Waals surface area (Å²) in [7, 11) is 1.76. The Morgan fingerprint density at radius 1 is 1.21 bits per heavy atom. The Morgan fingerprint density at radius 3 is 2.71 bits per heavy atom. The van der Waals surface area contributed by atoms with Crippen LogP contribution in [-0.4, -0.2) is 101 Å². The van der Waals surface area contributed by atoms with Crippen LogP contribution >= 0.6 is 0 Å². The van der Waals surface area contributed by atoms with Gasteiger partial charge in [0.15, 0.2) is 0 Å². The predicted molar refractivity (Wildman–Crippen MR) is 108 cm³/mol. The number of hydrogen-bond donors (Lipinski definition) is 0. The van der Waals surface area contributed by atoms with Crippen molar-refractivity contribution in [3.63, 3.8) is 0 Å². The fourth-order valence-electron chi connectivity index (χ4n) is 4.53. The molecular weight excluding hydrogens is 356 g/mol. The number of carbonyl (C=O) groups excluding carboxylic acids is 1. The van der Waals surface area contributed by atoms with Crippen LogP contribution in [0.5, 0.6) is 0 Å². The molecule has 1 unspecified atom stereocenters. The van der Waals surface area contributed by atoms with Gasteiger partial charge in [0.25, 0.3) is 0 Å². The number of amides is 1. The monoisotopic (exact) mass is 392 g/mol. The minimum atomic E-state index is 0.162. The third-order valence-corrected chi connectivity index (χ3v) is 6.25. The topological polar surface area (TPSA) is 66.7 Å². The Hall–Kier alpha value is -1.51. The van der Waals surface area contributed by atoms with Gasteiger partial charge in [-0.15, -0.1) is 0 Å². The maximum atomic E-state index is 13.1. The van der Waals surface area contributed by atoms with E-state index in [4.69, 9.17) is 4.74 Å². The number of aromatic nitrogens is 3. The van der Waals surface area contributed by atoms with E-state index >= 15 is 0 Å². The molecule has 2 aliphatic heterocycles. The smallest absolute Gasteiger partial charge is 0.244 e. The molecule has 0 aromatic carbocycles. The zero-order chi connectivity index (χ0) is 19.8. The summed E-state index contributed by atoms with van der Waals surface area (Å²) in [4.78, 5) is 24.1. The summed E-state index contributed by atoms with van der Waals surface area (Å²) in [5, 5.41) is 4.12. The molecule has 2 fully saturated rings. The number of piperidine rings is 1. The van der Waals surface area contributed by atoms with E-state index in [1.165, 1.54) is 19.2 Å². The molecule has 1 amide bonds. The SMILES string of the molecule is CCN1CCCC1CN(CC1CCN(CCOC)CC1)C(=O)Cn1cncn1. The van der Waals surface area contributed by atoms with Crippen molar-refractivity contribution in [3.05, 3.63) is 12.7 Å². The van der Waals surface area contributed by atoms with Crippen molar-refractivity contribution in [1.29, 1.82) is 0 Å². The lowest BCUT2D eigenvalue weighted by Crippen LogP contribution is -2.47. The van der Waals surface area contributed by atoms with Crippen LogP contribution in [0.3, 0.4) is 0 Å². The van der Waals surface area contributed by atoms with Crippen LogP contribution in [0.1, 0.15) is 32.6 Å². The Bertz CT molecular complexity index is 573. The fraction of sp³-hybridized carbons (Fsp3) is 0.850. The summed E-state index contributed by atoms with van der Waals surface area (Å²) < 4.78 is 6.83. The molecule has 0 bridgehead atoms. The molecule has 3 rings (SSSR count). The largest absolute Gasteiger partial charge is 0.383 e. The van der Waals surface area contributed by atoms with Crippen LogP contribution in [-0.2, 0) is 16.1 Å². The molecule has 0 aliphatic carbocycles. The third kappa shape index (κ3) is 5.99. The van der Waals surface area contributed by atoms with Crippen molar-refractivity contribution in [2.45, 2.75) is 45.2 Å². The first-order valence-corrected chi connectivity index (χ1v) is 10.7. The molecule has 0 radical (unpaired) electrons. The van der Waals surface area contributed by atoms with Crippen molar-refractivity contribution in [2.75, 3.05) is 59.5 Å². The van der Waals surface area contributed by atoms with Gasteiger partial charge in [0, 0.05) is 32.8 Å². The lowest BCUT2D eigenvalue weighted by atomic mass is 9.95. The second-order valence-electron chi connectivity index (χ2n) is 8.09. The zero-order valence-electron chi connectivity index (χ0n) is 17.5. The lowest BCUT2D eigenvalue weighted by molar-refractivity contribution is -0.133. The van der Waals surface area contributed by atoms with E-state index in [2.05, 4.69) is 31.7 Å². The van der Waals surface area contributed by atoms with Crippen LogP contribution in [0.15, 0.2) is 12.7 Å². The van der Waals surface area contributed by atoms with E-state index in [9.17, 15) is 4.79 Å². The summed E-state index contributed by atoms with van der Waals surface area (Å²) in [6.07, 6.45) is 7.84. The van der Waals surface area contributed by atoms with Gasteiger partial charge in [-0.2, -0.15) is 5.10 Å². The summed E-state index contributed by atoms with van der Waals surface area (Å²) in [5.74, 6) is 0.741. The molecular formula is C20H36N6O2. The highest BCUT2D eigenvalue weighted by molar-refractivity contribution is 5.76. The molecule has 2 aliphatic rings. The molecule has 28 heavy (non-hydrogen) atoms. The van der Waals surface area contributed by atoms with Crippen LogP contribution in [0, 0.1) is 5.92 Å². The predicted octanol–water partition coefficient (Wildman–Crippen LogP) is 0.949. The van der Waals surface area contributed by atoms with Gasteiger partial charge in [-0.25, -0.2) is 9.67 Å². The number of rotatable bonds is 10. The van der Waals surface area contributed by atoms with Gasteiger partial charge in [0.05, 0.1) is 6.61 Å². The van der Waals surface area contributed by atoms with Crippen LogP contribution in [0.2, 0.25) is 0 Å². The maximum absolute atomic E-state index is 13.1.